The minimum atomic E-state index is -1.07. The van der Waals surface area contributed by atoms with Crippen molar-refractivity contribution in [2.75, 3.05) is 12.4 Å². The van der Waals surface area contributed by atoms with Gasteiger partial charge in [-0.3, -0.25) is 0 Å². The molecule has 0 aliphatic heterocycles. The summed E-state index contributed by atoms with van der Waals surface area (Å²) in [7, 11) is 1.57. The SMILES string of the molecule is COc1cc(CNc2ccc(C(=O)O)c(Cl)c2)ccc1OCc1nnnn1-c1ccc(C)cc1. The molecule has 4 aromatic rings. The first-order valence-corrected chi connectivity index (χ1v) is 10.7. The predicted molar refractivity (Wildman–Crippen MR) is 127 cm³/mol. The van der Waals surface area contributed by atoms with Gasteiger partial charge in [0.2, 0.25) is 0 Å². The average Bonchev–Trinajstić information content (AvgIpc) is 3.30. The molecule has 0 aliphatic rings. The van der Waals surface area contributed by atoms with Gasteiger partial charge in [-0.15, -0.1) is 5.10 Å². The van der Waals surface area contributed by atoms with E-state index in [-0.39, 0.29) is 17.2 Å². The highest BCUT2D eigenvalue weighted by Crippen LogP contribution is 2.29. The number of ether oxygens (including phenoxy) is 2. The zero-order valence-electron chi connectivity index (χ0n) is 18.5. The van der Waals surface area contributed by atoms with E-state index in [9.17, 15) is 4.79 Å². The van der Waals surface area contributed by atoms with Crippen LogP contribution in [0.5, 0.6) is 11.5 Å². The topological polar surface area (TPSA) is 111 Å². The molecule has 2 N–H and O–H groups in total. The fraction of sp³-hybridized carbons (Fsp3) is 0.167. The van der Waals surface area contributed by atoms with Gasteiger partial charge in [0, 0.05) is 12.2 Å². The van der Waals surface area contributed by atoms with Crippen molar-refractivity contribution in [3.8, 4) is 17.2 Å². The number of nitrogens with one attached hydrogen (secondary N) is 1. The Bertz CT molecular complexity index is 1310. The van der Waals surface area contributed by atoms with E-state index in [0.29, 0.717) is 29.6 Å². The van der Waals surface area contributed by atoms with Crippen molar-refractivity contribution in [2.24, 2.45) is 0 Å². The van der Waals surface area contributed by atoms with Crippen molar-refractivity contribution >= 4 is 23.3 Å². The van der Waals surface area contributed by atoms with E-state index in [2.05, 4.69) is 20.8 Å². The number of benzene rings is 3. The van der Waals surface area contributed by atoms with Crippen LogP contribution in [0.4, 0.5) is 5.69 Å². The van der Waals surface area contributed by atoms with Gasteiger partial charge in [0.25, 0.3) is 0 Å². The largest absolute Gasteiger partial charge is 0.493 e. The molecule has 1 aromatic heterocycles. The van der Waals surface area contributed by atoms with Crippen LogP contribution in [-0.2, 0) is 13.2 Å². The third-order valence-corrected chi connectivity index (χ3v) is 5.41. The van der Waals surface area contributed by atoms with E-state index in [4.69, 9.17) is 26.2 Å². The Morgan fingerprint density at radius 1 is 1.09 bits per heavy atom. The number of hydrogen-bond donors (Lipinski definition) is 2. The number of nitrogens with zero attached hydrogens (tertiary/aromatic N) is 4. The Morgan fingerprint density at radius 2 is 1.88 bits per heavy atom. The van der Waals surface area contributed by atoms with Crippen LogP contribution in [0.15, 0.2) is 60.7 Å². The second-order valence-electron chi connectivity index (χ2n) is 7.47. The van der Waals surface area contributed by atoms with Crippen LogP contribution >= 0.6 is 11.6 Å². The first-order chi connectivity index (χ1) is 16.4. The van der Waals surface area contributed by atoms with Gasteiger partial charge in [0.15, 0.2) is 23.9 Å². The second kappa shape index (κ2) is 10.2. The van der Waals surface area contributed by atoms with Gasteiger partial charge in [0.1, 0.15) is 0 Å². The highest BCUT2D eigenvalue weighted by molar-refractivity contribution is 6.33. The molecule has 0 unspecified atom stereocenters. The van der Waals surface area contributed by atoms with Crippen molar-refractivity contribution < 1.29 is 19.4 Å². The first-order valence-electron chi connectivity index (χ1n) is 10.4. The van der Waals surface area contributed by atoms with Gasteiger partial charge in [-0.05, 0) is 65.4 Å². The van der Waals surface area contributed by atoms with Gasteiger partial charge in [-0.25, -0.2) is 4.79 Å². The maximum atomic E-state index is 11.1. The van der Waals surface area contributed by atoms with Gasteiger partial charge >= 0.3 is 5.97 Å². The summed E-state index contributed by atoms with van der Waals surface area (Å²) in [6.45, 7) is 2.65. The summed E-state index contributed by atoms with van der Waals surface area (Å²) in [6.07, 6.45) is 0. The predicted octanol–water partition coefficient (Wildman–Crippen LogP) is 4.52. The number of hydrogen-bond acceptors (Lipinski definition) is 7. The van der Waals surface area contributed by atoms with Crippen LogP contribution in [0, 0.1) is 6.92 Å². The van der Waals surface area contributed by atoms with Crippen molar-refractivity contribution in [1.82, 2.24) is 20.2 Å². The molecule has 0 aliphatic carbocycles. The van der Waals surface area contributed by atoms with Gasteiger partial charge in [-0.1, -0.05) is 35.4 Å². The molecule has 0 radical (unpaired) electrons. The number of methoxy groups -OCH3 is 1. The molecule has 0 saturated heterocycles. The number of carbonyl (C=O) groups is 1. The number of aromatic nitrogens is 4. The lowest BCUT2D eigenvalue weighted by Crippen LogP contribution is -2.08. The summed E-state index contributed by atoms with van der Waals surface area (Å²) in [5.41, 5.74) is 3.70. The van der Waals surface area contributed by atoms with Crippen LogP contribution < -0.4 is 14.8 Å². The standard InChI is InChI=1S/C24H22ClN5O4/c1-15-3-7-18(8-4-15)30-23(27-28-29-30)14-34-21-10-5-16(11-22(21)33-2)13-26-17-6-9-19(24(31)32)20(25)12-17/h3-12,26H,13-14H2,1-2H3,(H,31,32). The fourth-order valence-electron chi connectivity index (χ4n) is 3.27. The number of rotatable bonds is 9. The molecule has 0 amide bonds. The Labute approximate surface area is 200 Å². The van der Waals surface area contributed by atoms with E-state index in [1.807, 2.05) is 49.4 Å². The molecule has 1 heterocycles. The van der Waals surface area contributed by atoms with Crippen molar-refractivity contribution in [2.45, 2.75) is 20.1 Å². The number of aromatic carboxylic acids is 1. The van der Waals surface area contributed by atoms with Crippen LogP contribution in [0.25, 0.3) is 5.69 Å². The van der Waals surface area contributed by atoms with Crippen LogP contribution in [0.3, 0.4) is 0 Å². The minimum Gasteiger partial charge on any atom is -0.493 e. The summed E-state index contributed by atoms with van der Waals surface area (Å²) in [4.78, 5) is 11.1. The molecule has 0 atom stereocenters. The Balaban J connectivity index is 1.42. The van der Waals surface area contributed by atoms with Crippen molar-refractivity contribution in [3.05, 3.63) is 88.2 Å². The smallest absolute Gasteiger partial charge is 0.337 e. The lowest BCUT2D eigenvalue weighted by Gasteiger charge is -2.13. The Kier molecular flexibility index (Phi) is 6.93. The van der Waals surface area contributed by atoms with Crippen molar-refractivity contribution in [3.63, 3.8) is 0 Å². The maximum Gasteiger partial charge on any atom is 0.337 e. The lowest BCUT2D eigenvalue weighted by atomic mass is 10.1. The normalized spacial score (nSPS) is 10.7. The molecule has 9 nitrogen and oxygen atoms in total. The number of halogens is 1. The monoisotopic (exact) mass is 479 g/mol. The quantitative estimate of drug-likeness (QED) is 0.360. The first kappa shape index (κ1) is 23.1. The van der Waals surface area contributed by atoms with Crippen LogP contribution in [-0.4, -0.2) is 38.4 Å². The number of carboxylic acids is 1. The summed E-state index contributed by atoms with van der Waals surface area (Å²) in [6, 6.07) is 18.2. The molecule has 10 heteroatoms. The van der Waals surface area contributed by atoms with Crippen LogP contribution in [0.2, 0.25) is 5.02 Å². The number of aryl methyl sites for hydroxylation is 1. The highest BCUT2D eigenvalue weighted by Gasteiger charge is 2.13. The molecule has 0 spiro atoms. The molecule has 4 rings (SSSR count). The maximum absolute atomic E-state index is 11.1. The number of carboxylic acid groups (broad SMARTS) is 1. The van der Waals surface area contributed by atoms with E-state index in [1.54, 1.807) is 23.9 Å². The second-order valence-corrected chi connectivity index (χ2v) is 7.88. The molecule has 34 heavy (non-hydrogen) atoms. The molecule has 3 aromatic carbocycles. The number of tetrazole rings is 1. The molecule has 0 bridgehead atoms. The number of anilines is 1. The van der Waals surface area contributed by atoms with E-state index in [1.165, 1.54) is 6.07 Å². The van der Waals surface area contributed by atoms with E-state index in [0.717, 1.165) is 16.8 Å². The zero-order chi connectivity index (χ0) is 24.1. The third kappa shape index (κ3) is 5.26. The van der Waals surface area contributed by atoms with Crippen molar-refractivity contribution in [1.29, 1.82) is 0 Å². The van der Waals surface area contributed by atoms with Gasteiger partial charge in [0.05, 0.1) is 23.4 Å². The van der Waals surface area contributed by atoms with Gasteiger partial charge < -0.3 is 19.9 Å². The Morgan fingerprint density at radius 3 is 2.59 bits per heavy atom. The van der Waals surface area contributed by atoms with Gasteiger partial charge in [-0.2, -0.15) is 4.68 Å². The minimum absolute atomic E-state index is 0.0591. The van der Waals surface area contributed by atoms with Crippen LogP contribution in [0.1, 0.15) is 27.3 Å². The summed E-state index contributed by atoms with van der Waals surface area (Å²) in [5, 5.41) is 24.4. The third-order valence-electron chi connectivity index (χ3n) is 5.09. The van der Waals surface area contributed by atoms with E-state index < -0.39 is 5.97 Å². The summed E-state index contributed by atoms with van der Waals surface area (Å²) in [5.74, 6) is 0.606. The fourth-order valence-corrected chi connectivity index (χ4v) is 3.53. The molecule has 0 fully saturated rings. The summed E-state index contributed by atoms with van der Waals surface area (Å²) < 4.78 is 13.1. The highest BCUT2D eigenvalue weighted by atomic mass is 35.5. The van der Waals surface area contributed by atoms with E-state index >= 15 is 0 Å². The molecule has 0 saturated carbocycles. The molecular weight excluding hydrogens is 458 g/mol. The Hall–Kier alpha value is -4.11. The molecule has 174 valence electrons. The molecular formula is C24H22ClN5O4. The zero-order valence-corrected chi connectivity index (χ0v) is 19.3. The average molecular weight is 480 g/mol. The lowest BCUT2D eigenvalue weighted by molar-refractivity contribution is 0.0697. The summed E-state index contributed by atoms with van der Waals surface area (Å²) >= 11 is 6.04.